The summed E-state index contributed by atoms with van der Waals surface area (Å²) in [6, 6.07) is 8.40. The van der Waals surface area contributed by atoms with Crippen molar-refractivity contribution in [3.05, 3.63) is 62.1 Å². The second kappa shape index (κ2) is 13.6. The van der Waals surface area contributed by atoms with Crippen LogP contribution in [0.2, 0.25) is 20.1 Å². The molecule has 0 aromatic heterocycles. The van der Waals surface area contributed by atoms with E-state index in [0.29, 0.717) is 27.1 Å². The Morgan fingerprint density at radius 1 is 0.974 bits per heavy atom. The molecule has 208 valence electrons. The van der Waals surface area contributed by atoms with Crippen molar-refractivity contribution in [2.24, 2.45) is 0 Å². The average Bonchev–Trinajstić information content (AvgIpc) is 2.84. The fraction of sp³-hybridized carbons (Fsp3) is 0.462. The number of nitrogens with zero attached hydrogens (tertiary/aromatic N) is 2. The lowest BCUT2D eigenvalue weighted by Crippen LogP contribution is -2.54. The molecule has 1 saturated carbocycles. The molecule has 2 aromatic carbocycles. The van der Waals surface area contributed by atoms with Gasteiger partial charge in [-0.05, 0) is 55.2 Å². The molecule has 0 saturated heterocycles. The average molecular weight is 623 g/mol. The van der Waals surface area contributed by atoms with E-state index in [1.54, 1.807) is 25.1 Å². The number of carbonyl (C=O) groups excluding carboxylic acids is 2. The molecule has 2 aromatic rings. The van der Waals surface area contributed by atoms with E-state index in [9.17, 15) is 18.0 Å². The number of amides is 2. The Kier molecular flexibility index (Phi) is 11.0. The molecule has 1 aliphatic carbocycles. The molecule has 7 nitrogen and oxygen atoms in total. The summed E-state index contributed by atoms with van der Waals surface area (Å²) >= 11 is 24.8. The van der Waals surface area contributed by atoms with Gasteiger partial charge < -0.3 is 10.2 Å². The molecule has 0 bridgehead atoms. The molecule has 0 spiro atoms. The van der Waals surface area contributed by atoms with Gasteiger partial charge in [-0.3, -0.25) is 13.9 Å². The Balaban J connectivity index is 1.96. The SMILES string of the molecule is CC[C@H](C(=O)NC1CCCCC1)N(Cc1ccc(Cl)cc1Cl)C(=O)CN(c1ccc(Cl)cc1Cl)S(C)(=O)=O. The van der Waals surface area contributed by atoms with Crippen molar-refractivity contribution in [1.29, 1.82) is 0 Å². The van der Waals surface area contributed by atoms with Gasteiger partial charge in [-0.15, -0.1) is 0 Å². The van der Waals surface area contributed by atoms with Crippen molar-refractivity contribution in [3.8, 4) is 0 Å². The van der Waals surface area contributed by atoms with Crippen LogP contribution in [0, 0.1) is 0 Å². The third kappa shape index (κ3) is 8.15. The Morgan fingerprint density at radius 2 is 1.58 bits per heavy atom. The maximum atomic E-state index is 13.8. The maximum Gasteiger partial charge on any atom is 0.244 e. The largest absolute Gasteiger partial charge is 0.352 e. The molecule has 3 rings (SSSR count). The fourth-order valence-corrected chi connectivity index (χ4v) is 6.47. The van der Waals surface area contributed by atoms with Crippen LogP contribution in [0.25, 0.3) is 0 Å². The minimum absolute atomic E-state index is 0.0165. The standard InChI is InChI=1S/C26H31Cl4N3O4S/c1-3-23(26(35)31-20-7-5-4-6-8-20)32(15-17-9-10-18(27)13-21(17)29)25(34)16-33(38(2,36)37)24-12-11-19(28)14-22(24)30/h9-14,20,23H,3-8,15-16H2,1-2H3,(H,31,35)/t23-/m1/s1. The summed E-state index contributed by atoms with van der Waals surface area (Å²) in [4.78, 5) is 28.6. The van der Waals surface area contributed by atoms with Gasteiger partial charge in [0, 0.05) is 27.7 Å². The molecule has 1 fully saturated rings. The van der Waals surface area contributed by atoms with Gasteiger partial charge in [-0.1, -0.05) is 78.7 Å². The Morgan fingerprint density at radius 3 is 2.13 bits per heavy atom. The molecular formula is C26H31Cl4N3O4S. The minimum atomic E-state index is -3.93. The number of benzene rings is 2. The van der Waals surface area contributed by atoms with E-state index in [1.807, 2.05) is 0 Å². The Bertz CT molecular complexity index is 1270. The third-order valence-electron chi connectivity index (χ3n) is 6.55. The first-order valence-electron chi connectivity index (χ1n) is 12.4. The lowest BCUT2D eigenvalue weighted by Gasteiger charge is -2.34. The molecule has 0 unspecified atom stereocenters. The molecule has 2 amide bonds. The fourth-order valence-electron chi connectivity index (χ4n) is 4.58. The van der Waals surface area contributed by atoms with Gasteiger partial charge >= 0.3 is 0 Å². The maximum absolute atomic E-state index is 13.8. The number of sulfonamides is 1. The Hall–Kier alpha value is -1.71. The lowest BCUT2D eigenvalue weighted by molar-refractivity contribution is -0.140. The van der Waals surface area contributed by atoms with E-state index < -0.39 is 28.5 Å². The van der Waals surface area contributed by atoms with Gasteiger partial charge in [-0.25, -0.2) is 8.42 Å². The predicted octanol–water partition coefficient (Wildman–Crippen LogP) is 6.32. The summed E-state index contributed by atoms with van der Waals surface area (Å²) in [5, 5.41) is 4.25. The molecule has 12 heteroatoms. The van der Waals surface area contributed by atoms with Gasteiger partial charge in [0.2, 0.25) is 21.8 Å². The summed E-state index contributed by atoms with van der Waals surface area (Å²) in [5.41, 5.74) is 0.680. The molecule has 38 heavy (non-hydrogen) atoms. The topological polar surface area (TPSA) is 86.8 Å². The normalized spacial score (nSPS) is 15.1. The van der Waals surface area contributed by atoms with Crippen LogP contribution in [0.5, 0.6) is 0 Å². The minimum Gasteiger partial charge on any atom is -0.352 e. The van der Waals surface area contributed by atoms with Crippen LogP contribution in [0.1, 0.15) is 51.0 Å². The molecule has 1 N–H and O–H groups in total. The first-order chi connectivity index (χ1) is 17.9. The van der Waals surface area contributed by atoms with Gasteiger partial charge in [-0.2, -0.15) is 0 Å². The second-order valence-corrected chi connectivity index (χ2v) is 13.0. The lowest BCUT2D eigenvalue weighted by atomic mass is 9.95. The monoisotopic (exact) mass is 621 g/mol. The van der Waals surface area contributed by atoms with Crippen LogP contribution in [-0.2, 0) is 26.2 Å². The zero-order valence-electron chi connectivity index (χ0n) is 21.2. The second-order valence-electron chi connectivity index (χ2n) is 9.39. The number of halogens is 4. The first-order valence-corrected chi connectivity index (χ1v) is 15.7. The molecule has 1 aliphatic rings. The highest BCUT2D eigenvalue weighted by Gasteiger charge is 2.33. The quantitative estimate of drug-likeness (QED) is 0.336. The van der Waals surface area contributed by atoms with E-state index in [4.69, 9.17) is 46.4 Å². The van der Waals surface area contributed by atoms with Crippen molar-refractivity contribution in [2.75, 3.05) is 17.1 Å². The van der Waals surface area contributed by atoms with Gasteiger partial charge in [0.05, 0.1) is 17.0 Å². The van der Waals surface area contributed by atoms with Crippen molar-refractivity contribution in [2.45, 2.75) is 64.1 Å². The molecule has 0 radical (unpaired) electrons. The van der Waals surface area contributed by atoms with Crippen LogP contribution in [0.3, 0.4) is 0 Å². The Labute approximate surface area is 244 Å². The van der Waals surface area contributed by atoms with Crippen LogP contribution in [-0.4, -0.2) is 50.0 Å². The van der Waals surface area contributed by atoms with E-state index >= 15 is 0 Å². The van der Waals surface area contributed by atoms with E-state index in [-0.39, 0.29) is 29.2 Å². The molecule has 1 atom stereocenters. The number of anilines is 1. The zero-order valence-corrected chi connectivity index (χ0v) is 25.1. The predicted molar refractivity (Wildman–Crippen MR) is 155 cm³/mol. The van der Waals surface area contributed by atoms with Crippen molar-refractivity contribution >= 4 is 73.9 Å². The van der Waals surface area contributed by atoms with Crippen molar-refractivity contribution in [1.82, 2.24) is 10.2 Å². The van der Waals surface area contributed by atoms with Gasteiger partial charge in [0.1, 0.15) is 12.6 Å². The third-order valence-corrected chi connectivity index (χ3v) is 8.80. The van der Waals surface area contributed by atoms with Gasteiger partial charge in [0.15, 0.2) is 0 Å². The molecular weight excluding hydrogens is 592 g/mol. The smallest absolute Gasteiger partial charge is 0.244 e. The highest BCUT2D eigenvalue weighted by atomic mass is 35.5. The molecule has 0 heterocycles. The van der Waals surface area contributed by atoms with Crippen molar-refractivity contribution in [3.63, 3.8) is 0 Å². The highest BCUT2D eigenvalue weighted by molar-refractivity contribution is 7.92. The van der Waals surface area contributed by atoms with E-state index in [2.05, 4.69) is 5.32 Å². The van der Waals surface area contributed by atoms with E-state index in [1.165, 1.54) is 23.1 Å². The van der Waals surface area contributed by atoms with Crippen LogP contribution in [0.4, 0.5) is 5.69 Å². The highest BCUT2D eigenvalue weighted by Crippen LogP contribution is 2.31. The van der Waals surface area contributed by atoms with Crippen molar-refractivity contribution < 1.29 is 18.0 Å². The van der Waals surface area contributed by atoms with Crippen LogP contribution >= 0.6 is 46.4 Å². The number of nitrogens with one attached hydrogen (secondary N) is 1. The van der Waals surface area contributed by atoms with E-state index in [0.717, 1.165) is 42.7 Å². The summed E-state index contributed by atoms with van der Waals surface area (Å²) in [5.74, 6) is -0.869. The first kappa shape index (κ1) is 30.8. The summed E-state index contributed by atoms with van der Waals surface area (Å²) in [6.45, 7) is 1.22. The zero-order chi connectivity index (χ0) is 28.0. The summed E-state index contributed by atoms with van der Waals surface area (Å²) < 4.78 is 26.4. The number of rotatable bonds is 10. The summed E-state index contributed by atoms with van der Waals surface area (Å²) in [6.07, 6.45) is 6.28. The van der Waals surface area contributed by atoms with Gasteiger partial charge in [0.25, 0.3) is 0 Å². The van der Waals surface area contributed by atoms with Crippen LogP contribution < -0.4 is 9.62 Å². The van der Waals surface area contributed by atoms with Crippen LogP contribution in [0.15, 0.2) is 36.4 Å². The number of hydrogen-bond acceptors (Lipinski definition) is 4. The summed E-state index contributed by atoms with van der Waals surface area (Å²) in [7, 11) is -3.93. The number of carbonyl (C=O) groups is 2. The molecule has 0 aliphatic heterocycles. The number of hydrogen-bond donors (Lipinski definition) is 1.